The van der Waals surface area contributed by atoms with Gasteiger partial charge in [0.15, 0.2) is 5.96 Å². The smallest absolute Gasteiger partial charge is 0.191 e. The van der Waals surface area contributed by atoms with Gasteiger partial charge in [-0.1, -0.05) is 25.0 Å². The lowest BCUT2D eigenvalue weighted by molar-refractivity contribution is 0.145. The average Bonchev–Trinajstić information content (AvgIpc) is 3.10. The van der Waals surface area contributed by atoms with E-state index in [0.717, 1.165) is 36.2 Å². The molecule has 1 saturated heterocycles. The van der Waals surface area contributed by atoms with Crippen molar-refractivity contribution in [2.75, 3.05) is 45.4 Å². The molecule has 2 heterocycles. The third-order valence-electron chi connectivity index (χ3n) is 5.64. The van der Waals surface area contributed by atoms with Crippen molar-refractivity contribution >= 4 is 11.8 Å². The van der Waals surface area contributed by atoms with Crippen LogP contribution in [-0.4, -0.2) is 51.4 Å². The summed E-state index contributed by atoms with van der Waals surface area (Å²) in [6.45, 7) is 6.66. The van der Waals surface area contributed by atoms with Gasteiger partial charge in [-0.05, 0) is 49.1 Å². The number of benzene rings is 1. The zero-order valence-electron chi connectivity index (χ0n) is 19.7. The maximum absolute atomic E-state index is 5.90. The summed E-state index contributed by atoms with van der Waals surface area (Å²) in [5.41, 5.74) is 3.45. The lowest BCUT2D eigenvalue weighted by Gasteiger charge is -2.22. The van der Waals surface area contributed by atoms with Crippen LogP contribution in [0, 0.1) is 6.92 Å². The molecular formula is C25H37N5O2. The monoisotopic (exact) mass is 439 g/mol. The van der Waals surface area contributed by atoms with Gasteiger partial charge in [0.1, 0.15) is 18.2 Å². The first kappa shape index (κ1) is 23.9. The van der Waals surface area contributed by atoms with Crippen molar-refractivity contribution in [1.82, 2.24) is 15.6 Å². The van der Waals surface area contributed by atoms with Gasteiger partial charge in [0.2, 0.25) is 0 Å². The van der Waals surface area contributed by atoms with Gasteiger partial charge in [-0.2, -0.15) is 0 Å². The molecule has 2 aromatic rings. The largest absolute Gasteiger partial charge is 0.491 e. The predicted molar refractivity (Wildman–Crippen MR) is 131 cm³/mol. The number of guanidine groups is 1. The molecule has 7 nitrogen and oxygen atoms in total. The van der Waals surface area contributed by atoms with Crippen LogP contribution < -0.4 is 20.3 Å². The molecule has 3 rings (SSSR count). The van der Waals surface area contributed by atoms with Gasteiger partial charge >= 0.3 is 0 Å². The summed E-state index contributed by atoms with van der Waals surface area (Å²) >= 11 is 0. The van der Waals surface area contributed by atoms with Gasteiger partial charge < -0.3 is 25.0 Å². The van der Waals surface area contributed by atoms with Crippen molar-refractivity contribution in [3.8, 4) is 5.75 Å². The number of nitrogens with one attached hydrogen (secondary N) is 2. The molecule has 1 aliphatic rings. The van der Waals surface area contributed by atoms with E-state index in [9.17, 15) is 0 Å². The summed E-state index contributed by atoms with van der Waals surface area (Å²) < 4.78 is 11.0. The SMILES string of the molecule is CN=C(NCc1ccnc(N2CCCCCC2)c1)NCc1ccc(C)cc1OCCOC. The quantitative estimate of drug-likeness (QED) is 0.353. The fourth-order valence-corrected chi connectivity index (χ4v) is 3.81. The summed E-state index contributed by atoms with van der Waals surface area (Å²) in [6.07, 6.45) is 7.04. The number of rotatable bonds is 9. The zero-order valence-corrected chi connectivity index (χ0v) is 19.7. The third kappa shape index (κ3) is 7.41. The molecule has 1 aliphatic heterocycles. The van der Waals surface area contributed by atoms with E-state index in [2.05, 4.69) is 62.8 Å². The van der Waals surface area contributed by atoms with Crippen LogP contribution >= 0.6 is 0 Å². The van der Waals surface area contributed by atoms with Crippen LogP contribution in [-0.2, 0) is 17.8 Å². The second kappa shape index (κ2) is 12.9. The molecule has 174 valence electrons. The molecule has 0 aliphatic carbocycles. The number of nitrogens with zero attached hydrogens (tertiary/aromatic N) is 3. The minimum Gasteiger partial charge on any atom is -0.491 e. The van der Waals surface area contributed by atoms with E-state index in [1.54, 1.807) is 14.2 Å². The summed E-state index contributed by atoms with van der Waals surface area (Å²) in [5.74, 6) is 2.70. The number of methoxy groups -OCH3 is 1. The first-order valence-corrected chi connectivity index (χ1v) is 11.6. The van der Waals surface area contributed by atoms with E-state index < -0.39 is 0 Å². The Hall–Kier alpha value is -2.80. The highest BCUT2D eigenvalue weighted by Gasteiger charge is 2.12. The molecule has 2 N–H and O–H groups in total. The Bertz CT molecular complexity index is 863. The van der Waals surface area contributed by atoms with Gasteiger partial charge in [0.25, 0.3) is 0 Å². The predicted octanol–water partition coefficient (Wildman–Crippen LogP) is 3.66. The molecule has 1 fully saturated rings. The van der Waals surface area contributed by atoms with Crippen molar-refractivity contribution in [2.24, 2.45) is 4.99 Å². The number of hydrogen-bond donors (Lipinski definition) is 2. The second-order valence-corrected chi connectivity index (χ2v) is 8.16. The molecule has 0 atom stereocenters. The molecule has 32 heavy (non-hydrogen) atoms. The Morgan fingerprint density at radius 3 is 2.56 bits per heavy atom. The zero-order chi connectivity index (χ0) is 22.6. The Morgan fingerprint density at radius 1 is 1.03 bits per heavy atom. The van der Waals surface area contributed by atoms with Gasteiger partial charge in [-0.3, -0.25) is 4.99 Å². The number of pyridine rings is 1. The maximum Gasteiger partial charge on any atom is 0.191 e. The standard InChI is InChI=1S/C25H37N5O2/c1-20-8-9-22(23(16-20)32-15-14-31-3)19-29-25(26-2)28-18-21-10-11-27-24(17-21)30-12-6-4-5-7-13-30/h8-11,16-17H,4-7,12-15,18-19H2,1-3H3,(H2,26,28,29). The van der Waals surface area contributed by atoms with Crippen molar-refractivity contribution in [3.05, 3.63) is 53.2 Å². The molecular weight excluding hydrogens is 402 g/mol. The van der Waals surface area contributed by atoms with Gasteiger partial charge in [0, 0.05) is 52.1 Å². The maximum atomic E-state index is 5.90. The van der Waals surface area contributed by atoms with E-state index >= 15 is 0 Å². The third-order valence-corrected chi connectivity index (χ3v) is 5.64. The Kier molecular flexibility index (Phi) is 9.62. The van der Waals surface area contributed by atoms with Gasteiger partial charge in [0.05, 0.1) is 6.61 Å². The van der Waals surface area contributed by atoms with Crippen LogP contribution in [0.2, 0.25) is 0 Å². The van der Waals surface area contributed by atoms with Crippen molar-refractivity contribution in [3.63, 3.8) is 0 Å². The van der Waals surface area contributed by atoms with E-state index in [1.165, 1.54) is 36.8 Å². The highest BCUT2D eigenvalue weighted by Crippen LogP contribution is 2.21. The summed E-state index contributed by atoms with van der Waals surface area (Å²) in [4.78, 5) is 11.4. The van der Waals surface area contributed by atoms with Crippen LogP contribution in [0.1, 0.15) is 42.4 Å². The first-order valence-electron chi connectivity index (χ1n) is 11.6. The van der Waals surface area contributed by atoms with E-state index in [4.69, 9.17) is 9.47 Å². The van der Waals surface area contributed by atoms with Crippen molar-refractivity contribution in [1.29, 1.82) is 0 Å². The van der Waals surface area contributed by atoms with E-state index in [0.29, 0.717) is 26.3 Å². The molecule has 0 spiro atoms. The van der Waals surface area contributed by atoms with Gasteiger partial charge in [-0.15, -0.1) is 0 Å². The van der Waals surface area contributed by atoms with Gasteiger partial charge in [-0.25, -0.2) is 4.98 Å². The molecule has 7 heteroatoms. The number of aliphatic imine (C=N–C) groups is 1. The highest BCUT2D eigenvalue weighted by molar-refractivity contribution is 5.79. The van der Waals surface area contributed by atoms with Crippen LogP contribution in [0.25, 0.3) is 0 Å². The normalized spacial score (nSPS) is 14.7. The topological polar surface area (TPSA) is 71.0 Å². The van der Waals surface area contributed by atoms with Crippen LogP contribution in [0.3, 0.4) is 0 Å². The van der Waals surface area contributed by atoms with Crippen LogP contribution in [0.4, 0.5) is 5.82 Å². The molecule has 1 aromatic carbocycles. The molecule has 0 bridgehead atoms. The molecule has 0 amide bonds. The lowest BCUT2D eigenvalue weighted by Crippen LogP contribution is -2.36. The fraction of sp³-hybridized carbons (Fsp3) is 0.520. The van der Waals surface area contributed by atoms with E-state index in [-0.39, 0.29) is 0 Å². The lowest BCUT2D eigenvalue weighted by atomic mass is 10.1. The summed E-state index contributed by atoms with van der Waals surface area (Å²) in [5, 5.41) is 6.81. The number of aryl methyl sites for hydroxylation is 1. The van der Waals surface area contributed by atoms with Crippen molar-refractivity contribution in [2.45, 2.75) is 45.7 Å². The summed E-state index contributed by atoms with van der Waals surface area (Å²) in [7, 11) is 3.47. The number of hydrogen-bond acceptors (Lipinski definition) is 5. The minimum absolute atomic E-state index is 0.529. The first-order chi connectivity index (χ1) is 15.7. The highest BCUT2D eigenvalue weighted by atomic mass is 16.5. The van der Waals surface area contributed by atoms with Crippen LogP contribution in [0.15, 0.2) is 41.5 Å². The van der Waals surface area contributed by atoms with E-state index in [1.807, 2.05) is 6.20 Å². The number of anilines is 1. The molecule has 0 radical (unpaired) electrons. The Balaban J connectivity index is 1.55. The Morgan fingerprint density at radius 2 is 1.81 bits per heavy atom. The number of aromatic nitrogens is 1. The summed E-state index contributed by atoms with van der Waals surface area (Å²) in [6, 6.07) is 10.5. The second-order valence-electron chi connectivity index (χ2n) is 8.16. The molecule has 0 unspecified atom stereocenters. The minimum atomic E-state index is 0.529. The van der Waals surface area contributed by atoms with Crippen molar-refractivity contribution < 1.29 is 9.47 Å². The average molecular weight is 440 g/mol. The Labute approximate surface area is 192 Å². The fourth-order valence-electron chi connectivity index (χ4n) is 3.81. The molecule has 0 saturated carbocycles. The number of ether oxygens (including phenoxy) is 2. The van der Waals surface area contributed by atoms with Crippen LogP contribution in [0.5, 0.6) is 5.75 Å². The molecule has 1 aromatic heterocycles.